The fourth-order valence-electron chi connectivity index (χ4n) is 6.02. The zero-order valence-corrected chi connectivity index (χ0v) is 25.3. The van der Waals surface area contributed by atoms with Crippen molar-refractivity contribution < 1.29 is 13.9 Å². The van der Waals surface area contributed by atoms with Crippen LogP contribution in [0.2, 0.25) is 0 Å². The average molecular weight is 578 g/mol. The summed E-state index contributed by atoms with van der Waals surface area (Å²) in [5, 5.41) is 14.9. The third-order valence-corrected chi connectivity index (χ3v) is 8.16. The van der Waals surface area contributed by atoms with E-state index in [0.717, 1.165) is 11.2 Å². The van der Waals surface area contributed by atoms with E-state index in [9.17, 15) is 18.7 Å². The van der Waals surface area contributed by atoms with Gasteiger partial charge in [0.1, 0.15) is 5.82 Å². The van der Waals surface area contributed by atoms with Crippen molar-refractivity contribution in [1.29, 1.82) is 0 Å². The maximum Gasteiger partial charge on any atom is 0.328 e. The highest BCUT2D eigenvalue weighted by Crippen LogP contribution is 2.40. The first-order valence-electron chi connectivity index (χ1n) is 14.1. The number of halogens is 2. The van der Waals surface area contributed by atoms with Crippen LogP contribution < -0.4 is 10.6 Å². The predicted molar refractivity (Wildman–Crippen MR) is 161 cm³/mol. The van der Waals surface area contributed by atoms with Gasteiger partial charge in [0, 0.05) is 56.0 Å². The minimum Gasteiger partial charge on any atom is -0.386 e. The van der Waals surface area contributed by atoms with Crippen molar-refractivity contribution in [2.45, 2.75) is 65.0 Å². The van der Waals surface area contributed by atoms with Gasteiger partial charge in [0.05, 0.1) is 45.2 Å². The number of hydrogen-bond acceptors (Lipinski definition) is 5. The maximum absolute atomic E-state index is 14.7. The molecular weight excluding hydrogens is 540 g/mol. The van der Waals surface area contributed by atoms with Crippen molar-refractivity contribution in [3.63, 3.8) is 0 Å². The number of aromatic nitrogens is 6. The molecule has 1 N–H and O–H groups in total. The average Bonchev–Trinajstić information content (AvgIpc) is 3.58. The second-order valence-corrected chi connectivity index (χ2v) is 13.1. The van der Waals surface area contributed by atoms with E-state index in [-0.39, 0.29) is 17.3 Å². The highest BCUT2D eigenvalue weighted by atomic mass is 19.3. The number of benzene rings is 2. The molecule has 0 saturated carbocycles. The molecule has 0 aliphatic carbocycles. The molecule has 9 nitrogen and oxygen atoms in total. The minimum absolute atomic E-state index is 0.0948. The third kappa shape index (κ3) is 4.33. The Morgan fingerprint density at radius 2 is 1.71 bits per heavy atom. The van der Waals surface area contributed by atoms with Crippen LogP contribution in [0.1, 0.15) is 65.4 Å². The van der Waals surface area contributed by atoms with E-state index in [1.807, 2.05) is 56.2 Å². The summed E-state index contributed by atoms with van der Waals surface area (Å²) in [6, 6.07) is 7.24. The molecule has 3 aromatic heterocycles. The third-order valence-electron chi connectivity index (χ3n) is 8.16. The van der Waals surface area contributed by atoms with Crippen molar-refractivity contribution in [2.24, 2.45) is 14.1 Å². The van der Waals surface area contributed by atoms with Gasteiger partial charge in [-0.1, -0.05) is 20.8 Å². The number of aryl methyl sites for hydroxylation is 2. The zero-order valence-electron chi connectivity index (χ0n) is 25.3. The van der Waals surface area contributed by atoms with Crippen LogP contribution in [0.5, 0.6) is 0 Å². The molecule has 0 spiro atoms. The molecule has 11 heteroatoms. The summed E-state index contributed by atoms with van der Waals surface area (Å²) in [7, 11) is 3.45. The van der Waals surface area contributed by atoms with Crippen LogP contribution in [0.3, 0.4) is 0 Å². The fraction of sp³-hybridized carbons (Fsp3) is 0.452. The Labute approximate surface area is 242 Å². The molecule has 0 unspecified atom stereocenters. The van der Waals surface area contributed by atoms with Crippen LogP contribution in [0.4, 0.5) is 14.5 Å². The van der Waals surface area contributed by atoms with Gasteiger partial charge in [-0.2, -0.15) is 5.10 Å². The van der Waals surface area contributed by atoms with Crippen LogP contribution in [0.15, 0.2) is 41.5 Å². The van der Waals surface area contributed by atoms with Gasteiger partial charge in [-0.25, -0.2) is 18.6 Å². The van der Waals surface area contributed by atoms with Crippen LogP contribution in [-0.4, -0.2) is 52.3 Å². The van der Waals surface area contributed by atoms with Crippen LogP contribution in [0, 0.1) is 0 Å². The van der Waals surface area contributed by atoms with Gasteiger partial charge < -0.3 is 10.0 Å². The lowest BCUT2D eigenvalue weighted by atomic mass is 9.94. The van der Waals surface area contributed by atoms with E-state index >= 15 is 0 Å². The highest BCUT2D eigenvalue weighted by Gasteiger charge is 2.38. The number of alkyl halides is 2. The molecule has 0 radical (unpaired) electrons. The van der Waals surface area contributed by atoms with E-state index in [4.69, 9.17) is 4.98 Å². The molecule has 0 amide bonds. The van der Waals surface area contributed by atoms with Crippen molar-refractivity contribution in [3.8, 4) is 16.8 Å². The maximum atomic E-state index is 14.7. The number of aliphatic hydroxyl groups is 1. The molecule has 6 rings (SSSR count). The van der Waals surface area contributed by atoms with Crippen molar-refractivity contribution in [2.75, 3.05) is 18.0 Å². The number of anilines is 1. The molecule has 1 aliphatic rings. The second-order valence-electron chi connectivity index (χ2n) is 13.1. The molecule has 1 fully saturated rings. The van der Waals surface area contributed by atoms with Crippen LogP contribution >= 0.6 is 0 Å². The quantitative estimate of drug-likeness (QED) is 0.300. The Morgan fingerprint density at radius 1 is 1.02 bits per heavy atom. The number of nitrogens with zero attached hydrogens (tertiary/aromatic N) is 7. The summed E-state index contributed by atoms with van der Waals surface area (Å²) in [5.74, 6) is 0.703. The summed E-state index contributed by atoms with van der Waals surface area (Å²) >= 11 is 0. The number of β-amino-alcohol motifs (C(OH)–C–C–N with tert-alkyl or cyclic N) is 1. The lowest BCUT2D eigenvalue weighted by Gasteiger charge is -2.46. The molecule has 0 bridgehead atoms. The van der Waals surface area contributed by atoms with E-state index in [1.54, 1.807) is 53.3 Å². The van der Waals surface area contributed by atoms with Gasteiger partial charge in [-0.05, 0) is 50.6 Å². The van der Waals surface area contributed by atoms with Crippen molar-refractivity contribution >= 4 is 27.8 Å². The van der Waals surface area contributed by atoms with Gasteiger partial charge in [0.2, 0.25) is 0 Å². The predicted octanol–water partition coefficient (Wildman–Crippen LogP) is 5.47. The van der Waals surface area contributed by atoms with Crippen molar-refractivity contribution in [1.82, 2.24) is 28.5 Å². The molecule has 0 atom stereocenters. The minimum atomic E-state index is -2.72. The van der Waals surface area contributed by atoms with Gasteiger partial charge in [0.25, 0.3) is 6.43 Å². The first-order valence-corrected chi connectivity index (χ1v) is 14.1. The molecule has 2 aromatic carbocycles. The monoisotopic (exact) mass is 577 g/mol. The van der Waals surface area contributed by atoms with Crippen LogP contribution in [-0.2, 0) is 19.5 Å². The molecule has 222 valence electrons. The number of fused-ring (bicyclic) bond motifs is 2. The number of hydrogen-bond donors (Lipinski definition) is 1. The summed E-state index contributed by atoms with van der Waals surface area (Å²) < 4.78 is 36.2. The van der Waals surface area contributed by atoms with Crippen molar-refractivity contribution in [3.05, 3.63) is 58.5 Å². The largest absolute Gasteiger partial charge is 0.386 e. The Hall–Kier alpha value is -3.99. The topological polar surface area (TPSA) is 86.0 Å². The lowest BCUT2D eigenvalue weighted by molar-refractivity contribution is 0.0312. The Kier molecular flexibility index (Phi) is 6.20. The number of imidazole rings is 2. The normalized spacial score (nSPS) is 15.5. The van der Waals surface area contributed by atoms with Gasteiger partial charge in [-0.3, -0.25) is 18.4 Å². The summed E-state index contributed by atoms with van der Waals surface area (Å²) in [6.45, 7) is 12.7. The molecule has 1 aliphatic heterocycles. The highest BCUT2D eigenvalue weighted by molar-refractivity contribution is 5.94. The fourth-order valence-corrected chi connectivity index (χ4v) is 6.02. The Bertz CT molecular complexity index is 1910. The standard InChI is InChI=1S/C31H37F2N7O2/c1-17(2)39-14-18(13-34-39)20-11-22-23(12-21(20)27(32)33)40(28(35-22)30(3,4)5)19-9-24-26(37(8)29(41)36(24)7)25(10-19)38-15-31(6,42)16-38/h9-14,17,27,42H,15-16H2,1-8H3. The molecule has 5 aromatic rings. The molecule has 1 saturated heterocycles. The second kappa shape index (κ2) is 9.26. The van der Waals surface area contributed by atoms with Crippen LogP contribution in [0.25, 0.3) is 38.9 Å². The van der Waals surface area contributed by atoms with E-state index in [0.29, 0.717) is 52.3 Å². The molecule has 42 heavy (non-hydrogen) atoms. The van der Waals surface area contributed by atoms with Gasteiger partial charge in [0.15, 0.2) is 0 Å². The molecule has 4 heterocycles. The zero-order chi connectivity index (χ0) is 30.5. The molecular formula is C31H37F2N7O2. The van der Waals surface area contributed by atoms with E-state index in [1.165, 1.54) is 6.07 Å². The smallest absolute Gasteiger partial charge is 0.328 e. The van der Waals surface area contributed by atoms with E-state index in [2.05, 4.69) is 5.10 Å². The van der Waals surface area contributed by atoms with Gasteiger partial charge >= 0.3 is 5.69 Å². The summed E-state index contributed by atoms with van der Waals surface area (Å²) in [6.07, 6.45) is 0.689. The number of rotatable bonds is 5. The summed E-state index contributed by atoms with van der Waals surface area (Å²) in [5.41, 5.74) is 3.57. The first-order chi connectivity index (χ1) is 19.6. The Morgan fingerprint density at radius 3 is 2.29 bits per heavy atom. The van der Waals surface area contributed by atoms with E-state index < -0.39 is 17.4 Å². The Balaban J connectivity index is 1.65. The first kappa shape index (κ1) is 28.1. The lowest BCUT2D eigenvalue weighted by Crippen LogP contribution is -2.60. The SMILES string of the molecule is CC(C)n1cc(-c2cc3nc(C(C)(C)C)n(-c4cc(N5CC(C)(O)C5)c5c(c4)n(C)c(=O)n5C)c3cc2C(F)F)cn1. The van der Waals surface area contributed by atoms with Gasteiger partial charge in [-0.15, -0.1) is 0 Å². The summed E-state index contributed by atoms with van der Waals surface area (Å²) in [4.78, 5) is 20.1.